The molecule has 0 fully saturated rings. The summed E-state index contributed by atoms with van der Waals surface area (Å²) in [5.41, 5.74) is 4.71. The lowest BCUT2D eigenvalue weighted by Crippen LogP contribution is -2.39. The Kier molecular flexibility index (Phi) is 7.99. The molecule has 2 aliphatic heterocycles. The lowest BCUT2D eigenvalue weighted by Gasteiger charge is -2.42. The van der Waals surface area contributed by atoms with Gasteiger partial charge in [-0.1, -0.05) is 72.8 Å². The van der Waals surface area contributed by atoms with Crippen LogP contribution < -0.4 is 9.47 Å². The van der Waals surface area contributed by atoms with Crippen molar-refractivity contribution in [2.24, 2.45) is 21.8 Å². The number of nitriles is 4. The average molecular weight is 817 g/mol. The molecule has 2 aromatic heterocycles. The van der Waals surface area contributed by atoms with Gasteiger partial charge in [-0.15, -0.1) is 22.7 Å². The third-order valence-corrected chi connectivity index (χ3v) is 13.6. The summed E-state index contributed by atoms with van der Waals surface area (Å²) in [4.78, 5) is 38.6. The molecule has 0 amide bonds. The molecule has 0 saturated heterocycles. The van der Waals surface area contributed by atoms with Crippen molar-refractivity contribution in [2.75, 3.05) is 0 Å². The molecule has 0 spiro atoms. The van der Waals surface area contributed by atoms with Crippen molar-refractivity contribution in [1.82, 2.24) is 0 Å². The number of hydrogen-bond donors (Lipinski definition) is 0. The second-order valence-corrected chi connectivity index (χ2v) is 17.9. The van der Waals surface area contributed by atoms with Crippen LogP contribution in [0, 0.1) is 57.2 Å². The summed E-state index contributed by atoms with van der Waals surface area (Å²) in [5.74, 6) is 0.527. The molecule has 10 nitrogen and oxygen atoms in total. The molecule has 4 aromatic rings. The summed E-state index contributed by atoms with van der Waals surface area (Å²) in [6.07, 6.45) is 9.04. The lowest BCUT2D eigenvalue weighted by atomic mass is 9.70. The predicted octanol–water partition coefficient (Wildman–Crippen LogP) is 10.3. The summed E-state index contributed by atoms with van der Waals surface area (Å²) in [6, 6.07) is 25.2. The topological polar surface area (TPSA) is 172 Å². The van der Waals surface area contributed by atoms with Crippen molar-refractivity contribution in [3.63, 3.8) is 0 Å². The van der Waals surface area contributed by atoms with E-state index in [0.717, 1.165) is 32.0 Å². The van der Waals surface area contributed by atoms with Crippen molar-refractivity contribution in [2.45, 2.75) is 38.9 Å². The Morgan fingerprint density at radius 3 is 1.32 bits per heavy atom. The number of carbonyl (C=O) groups excluding carboxylic acids is 2. The molecule has 0 radical (unpaired) electrons. The van der Waals surface area contributed by atoms with E-state index >= 15 is 0 Å². The van der Waals surface area contributed by atoms with Crippen LogP contribution in [-0.2, 0) is 0 Å². The van der Waals surface area contributed by atoms with Crippen LogP contribution in [0.4, 0.5) is 10.0 Å². The van der Waals surface area contributed by atoms with Gasteiger partial charge in [0.25, 0.3) is 0 Å². The molecule has 2 atom stereocenters. The summed E-state index contributed by atoms with van der Waals surface area (Å²) in [7, 11) is 0. The molecule has 12 heteroatoms. The highest BCUT2D eigenvalue weighted by atomic mass is 32.1. The Labute approximate surface area is 352 Å². The number of Topliss-reactive ketones (excluding diaryl/α,β-unsaturated/α-hetero) is 2. The zero-order valence-corrected chi connectivity index (χ0v) is 34.0. The van der Waals surface area contributed by atoms with Crippen LogP contribution in [0.2, 0.25) is 0 Å². The molecule has 4 heterocycles. The maximum atomic E-state index is 13.6. The number of carbonyl (C=O) groups is 2. The molecular formula is C48H28N6O4S2. The number of rotatable bonds is 2. The van der Waals surface area contributed by atoms with Gasteiger partial charge in [0.2, 0.25) is 11.6 Å². The Balaban J connectivity index is 1.03. The maximum Gasteiger partial charge on any atom is 0.212 e. The third kappa shape index (κ3) is 5.33. The number of allylic oxidation sites excluding steroid dienone is 8. The van der Waals surface area contributed by atoms with E-state index in [4.69, 9.17) is 19.5 Å². The van der Waals surface area contributed by atoms with Gasteiger partial charge in [0.1, 0.15) is 79.5 Å². The Morgan fingerprint density at radius 1 is 0.583 bits per heavy atom. The first-order valence-electron chi connectivity index (χ1n) is 19.0. The molecule has 4 aliphatic carbocycles. The molecular weight excluding hydrogens is 789 g/mol. The molecule has 2 unspecified atom stereocenters. The van der Waals surface area contributed by atoms with Gasteiger partial charge in [0, 0.05) is 46.2 Å². The number of benzene rings is 2. The summed E-state index contributed by atoms with van der Waals surface area (Å²) in [6.45, 7) is 8.10. The van der Waals surface area contributed by atoms with Gasteiger partial charge in [-0.05, 0) is 61.1 Å². The number of ether oxygens (including phenoxy) is 2. The van der Waals surface area contributed by atoms with Crippen molar-refractivity contribution >= 4 is 78.0 Å². The first kappa shape index (κ1) is 36.8. The van der Waals surface area contributed by atoms with Crippen LogP contribution >= 0.6 is 22.7 Å². The lowest BCUT2D eigenvalue weighted by molar-refractivity contribution is 0.106. The second-order valence-electron chi connectivity index (χ2n) is 15.9. The highest BCUT2D eigenvalue weighted by Gasteiger charge is 2.45. The fourth-order valence-electron chi connectivity index (χ4n) is 8.89. The van der Waals surface area contributed by atoms with Crippen LogP contribution in [0.15, 0.2) is 117 Å². The van der Waals surface area contributed by atoms with E-state index in [1.807, 2.05) is 64.1 Å². The normalized spacial score (nSPS) is 21.9. The molecule has 60 heavy (non-hydrogen) atoms. The number of thiophene rings is 2. The number of hydrogen-bond acceptors (Lipinski definition) is 12. The van der Waals surface area contributed by atoms with E-state index in [1.165, 1.54) is 22.7 Å². The largest absolute Gasteiger partial charge is 0.482 e. The van der Waals surface area contributed by atoms with Crippen LogP contribution in [0.1, 0.15) is 69.3 Å². The molecule has 6 aliphatic rings. The molecule has 0 N–H and O–H groups in total. The fourth-order valence-corrected chi connectivity index (χ4v) is 10.9. The summed E-state index contributed by atoms with van der Waals surface area (Å²) in [5, 5.41) is 40.2. The minimum atomic E-state index is -0.717. The Morgan fingerprint density at radius 2 is 0.950 bits per heavy atom. The van der Waals surface area contributed by atoms with Gasteiger partial charge in [0.05, 0.1) is 9.75 Å². The zero-order valence-electron chi connectivity index (χ0n) is 32.4. The predicted molar refractivity (Wildman–Crippen MR) is 229 cm³/mol. The first-order valence-corrected chi connectivity index (χ1v) is 20.6. The Hall–Kier alpha value is -7.48. The Bertz CT molecular complexity index is 2950. The van der Waals surface area contributed by atoms with E-state index in [2.05, 4.69) is 24.3 Å². The molecule has 2 aromatic carbocycles. The fraction of sp³-hybridized carbons (Fsp3) is 0.167. The summed E-state index contributed by atoms with van der Waals surface area (Å²) >= 11 is 2.78. The minimum Gasteiger partial charge on any atom is -0.482 e. The van der Waals surface area contributed by atoms with Crippen molar-refractivity contribution in [3.05, 3.63) is 139 Å². The van der Waals surface area contributed by atoms with Gasteiger partial charge in [-0.3, -0.25) is 9.59 Å². The standard InChI is InChI=1S/C48H28N6O4S2/c1-47(2)33-15-23-14-32-34(48(3,4)58-36-18-38(60-46(32)36)54-42-40(26(21-51)22-52)28-10-6-8-12-30(28)44(42)56)16-24(23)13-31(33)45-35(57-47)17-37(59-45)53-41-39(25(19-49)20-50)27-9-5-7-11-29(27)43(41)55/h5-18,23-24H,1-4H3. The van der Waals surface area contributed by atoms with Gasteiger partial charge in [0.15, 0.2) is 0 Å². The van der Waals surface area contributed by atoms with Crippen LogP contribution in [0.25, 0.3) is 22.3 Å². The van der Waals surface area contributed by atoms with Gasteiger partial charge < -0.3 is 9.47 Å². The second kappa shape index (κ2) is 13.0. The van der Waals surface area contributed by atoms with E-state index < -0.39 is 11.2 Å². The quantitative estimate of drug-likeness (QED) is 0.180. The van der Waals surface area contributed by atoms with E-state index in [1.54, 1.807) is 48.5 Å². The van der Waals surface area contributed by atoms with Gasteiger partial charge in [-0.2, -0.15) is 21.0 Å². The number of aliphatic imine (C=N–C) groups is 2. The minimum absolute atomic E-state index is 0.0304. The number of ketones is 2. The molecule has 0 bridgehead atoms. The van der Waals surface area contributed by atoms with Gasteiger partial charge >= 0.3 is 0 Å². The van der Waals surface area contributed by atoms with Crippen LogP contribution in [0.3, 0.4) is 0 Å². The summed E-state index contributed by atoms with van der Waals surface area (Å²) < 4.78 is 13.3. The molecule has 10 rings (SSSR count). The number of nitrogens with zero attached hydrogens (tertiary/aromatic N) is 6. The van der Waals surface area contributed by atoms with Crippen LogP contribution in [0.5, 0.6) is 11.5 Å². The highest BCUT2D eigenvalue weighted by molar-refractivity contribution is 7.17. The smallest absolute Gasteiger partial charge is 0.212 e. The van der Waals surface area contributed by atoms with Crippen molar-refractivity contribution in [3.8, 4) is 35.8 Å². The molecule has 286 valence electrons. The monoisotopic (exact) mass is 816 g/mol. The SMILES string of the molecule is CC1(C)Oc2cc(N=C3C(=O)c4ccccc4C3=C(C#N)C#N)sc2C2=CC3C=C4C(=CC3C=C21)c1sc(N=C2C(=O)c3ccccc3C2=C(C#N)C#N)cc1OC4(C)C. The maximum absolute atomic E-state index is 13.6. The highest BCUT2D eigenvalue weighted by Crippen LogP contribution is 2.57. The van der Waals surface area contributed by atoms with E-state index in [0.29, 0.717) is 43.8 Å². The first-order chi connectivity index (χ1) is 28.8. The van der Waals surface area contributed by atoms with E-state index in [-0.39, 0.29) is 57.1 Å². The van der Waals surface area contributed by atoms with Crippen molar-refractivity contribution < 1.29 is 19.1 Å². The third-order valence-electron chi connectivity index (χ3n) is 11.5. The molecule has 0 saturated carbocycles. The van der Waals surface area contributed by atoms with Crippen LogP contribution in [-0.4, -0.2) is 34.2 Å². The van der Waals surface area contributed by atoms with E-state index in [9.17, 15) is 30.6 Å². The van der Waals surface area contributed by atoms with Crippen molar-refractivity contribution in [1.29, 1.82) is 21.0 Å². The zero-order chi connectivity index (χ0) is 41.8. The number of fused-ring (bicyclic) bond motifs is 9. The average Bonchev–Trinajstić information content (AvgIpc) is 3.97. The van der Waals surface area contributed by atoms with Gasteiger partial charge in [-0.25, -0.2) is 9.98 Å².